The summed E-state index contributed by atoms with van der Waals surface area (Å²) < 4.78 is 1.72. The third kappa shape index (κ3) is 2.23. The van der Waals surface area contributed by atoms with Crippen LogP contribution in [0.25, 0.3) is 0 Å². The van der Waals surface area contributed by atoms with Gasteiger partial charge in [-0.1, -0.05) is 13.8 Å². The summed E-state index contributed by atoms with van der Waals surface area (Å²) in [6.45, 7) is 4.66. The number of carboxylic acids is 1. The summed E-state index contributed by atoms with van der Waals surface area (Å²) >= 11 is 0. The van der Waals surface area contributed by atoms with Crippen LogP contribution in [0.5, 0.6) is 0 Å². The van der Waals surface area contributed by atoms with E-state index >= 15 is 0 Å². The topological polar surface area (TPSA) is 84.2 Å². The number of carboxylic acid groups (broad SMARTS) is 1. The van der Waals surface area contributed by atoms with E-state index in [9.17, 15) is 9.59 Å². The molecular weight excluding hydrogens is 234 g/mol. The van der Waals surface area contributed by atoms with Crippen molar-refractivity contribution in [3.05, 3.63) is 18.5 Å². The lowest BCUT2D eigenvalue weighted by Gasteiger charge is -2.06. The van der Waals surface area contributed by atoms with Gasteiger partial charge in [0.2, 0.25) is 5.91 Å². The Bertz CT molecular complexity index is 453. The molecule has 0 spiro atoms. The fourth-order valence-electron chi connectivity index (χ4n) is 2.42. The minimum absolute atomic E-state index is 0.181. The molecule has 18 heavy (non-hydrogen) atoms. The molecule has 1 amide bonds. The summed E-state index contributed by atoms with van der Waals surface area (Å²) in [5.41, 5.74) is -0.443. The number of amides is 1. The van der Waals surface area contributed by atoms with Crippen molar-refractivity contribution in [1.82, 2.24) is 15.1 Å². The monoisotopic (exact) mass is 251 g/mol. The number of rotatable bonds is 5. The molecule has 1 aromatic rings. The highest BCUT2D eigenvalue weighted by Crippen LogP contribution is 2.58. The van der Waals surface area contributed by atoms with E-state index < -0.39 is 23.2 Å². The van der Waals surface area contributed by atoms with Crippen LogP contribution in [-0.2, 0) is 16.1 Å². The molecule has 2 N–H and O–H groups in total. The van der Waals surface area contributed by atoms with Crippen LogP contribution in [0.3, 0.4) is 0 Å². The molecule has 2 unspecified atom stereocenters. The average molecular weight is 251 g/mol. The van der Waals surface area contributed by atoms with Crippen LogP contribution < -0.4 is 5.32 Å². The molecule has 1 fully saturated rings. The SMILES string of the molecule is CC1(C)C(C(=O)O)C1C(=O)NCCn1cccn1. The Balaban J connectivity index is 1.81. The lowest BCUT2D eigenvalue weighted by molar-refractivity contribution is -0.140. The number of hydrogen-bond acceptors (Lipinski definition) is 3. The van der Waals surface area contributed by atoms with Crippen molar-refractivity contribution in [2.24, 2.45) is 17.3 Å². The molecule has 1 aromatic heterocycles. The molecule has 2 rings (SSSR count). The molecule has 6 nitrogen and oxygen atoms in total. The first-order chi connectivity index (χ1) is 8.44. The van der Waals surface area contributed by atoms with Crippen LogP contribution in [0, 0.1) is 17.3 Å². The number of nitrogens with zero attached hydrogens (tertiary/aromatic N) is 2. The van der Waals surface area contributed by atoms with Crippen LogP contribution in [-0.4, -0.2) is 33.3 Å². The molecule has 1 saturated carbocycles. The molecule has 6 heteroatoms. The Morgan fingerprint density at radius 3 is 2.67 bits per heavy atom. The summed E-state index contributed by atoms with van der Waals surface area (Å²) in [5, 5.41) is 15.8. The van der Waals surface area contributed by atoms with E-state index in [1.807, 2.05) is 26.1 Å². The van der Waals surface area contributed by atoms with Gasteiger partial charge >= 0.3 is 5.97 Å². The first kappa shape index (κ1) is 12.6. The first-order valence-corrected chi connectivity index (χ1v) is 5.92. The molecule has 2 atom stereocenters. The van der Waals surface area contributed by atoms with Crippen LogP contribution in [0.4, 0.5) is 0 Å². The molecular formula is C12H17N3O3. The van der Waals surface area contributed by atoms with E-state index in [1.165, 1.54) is 0 Å². The summed E-state index contributed by atoms with van der Waals surface area (Å²) in [4.78, 5) is 22.8. The van der Waals surface area contributed by atoms with Crippen molar-refractivity contribution in [3.8, 4) is 0 Å². The third-order valence-electron chi connectivity index (χ3n) is 3.58. The van der Waals surface area contributed by atoms with Crippen molar-refractivity contribution in [1.29, 1.82) is 0 Å². The van der Waals surface area contributed by atoms with Gasteiger partial charge in [-0.25, -0.2) is 0 Å². The van der Waals surface area contributed by atoms with E-state index in [2.05, 4.69) is 10.4 Å². The van der Waals surface area contributed by atoms with Gasteiger partial charge in [-0.15, -0.1) is 0 Å². The molecule has 98 valence electrons. The van der Waals surface area contributed by atoms with Crippen LogP contribution in [0.2, 0.25) is 0 Å². The van der Waals surface area contributed by atoms with E-state index in [0.29, 0.717) is 13.1 Å². The lowest BCUT2D eigenvalue weighted by Crippen LogP contribution is -2.30. The van der Waals surface area contributed by atoms with E-state index in [1.54, 1.807) is 10.9 Å². The first-order valence-electron chi connectivity index (χ1n) is 5.92. The van der Waals surface area contributed by atoms with Gasteiger partial charge in [0.25, 0.3) is 0 Å². The molecule has 1 aliphatic rings. The number of carbonyl (C=O) groups excluding carboxylic acids is 1. The molecule has 0 aliphatic heterocycles. The van der Waals surface area contributed by atoms with Gasteiger partial charge in [-0.2, -0.15) is 5.10 Å². The molecule has 0 saturated heterocycles. The summed E-state index contributed by atoms with van der Waals surface area (Å²) in [6.07, 6.45) is 3.49. The highest BCUT2D eigenvalue weighted by Gasteiger charge is 2.65. The third-order valence-corrected chi connectivity index (χ3v) is 3.58. The Morgan fingerprint density at radius 2 is 2.17 bits per heavy atom. The van der Waals surface area contributed by atoms with Gasteiger partial charge in [0, 0.05) is 18.9 Å². The van der Waals surface area contributed by atoms with Gasteiger partial charge in [0.15, 0.2) is 0 Å². The summed E-state index contributed by atoms with van der Waals surface area (Å²) in [6, 6.07) is 1.81. The fraction of sp³-hybridized carbons (Fsp3) is 0.583. The molecule has 1 heterocycles. The zero-order chi connectivity index (χ0) is 13.3. The largest absolute Gasteiger partial charge is 0.481 e. The normalized spacial score (nSPS) is 24.6. The summed E-state index contributed by atoms with van der Waals surface area (Å²) in [7, 11) is 0. The molecule has 0 radical (unpaired) electrons. The van der Waals surface area contributed by atoms with Gasteiger partial charge in [-0.3, -0.25) is 14.3 Å². The molecule has 0 bridgehead atoms. The van der Waals surface area contributed by atoms with Crippen molar-refractivity contribution < 1.29 is 14.7 Å². The fourth-order valence-corrected chi connectivity index (χ4v) is 2.42. The van der Waals surface area contributed by atoms with Crippen LogP contribution in [0.1, 0.15) is 13.8 Å². The van der Waals surface area contributed by atoms with Crippen LogP contribution >= 0.6 is 0 Å². The Kier molecular flexibility index (Phi) is 3.11. The standard InChI is InChI=1S/C12H17N3O3/c1-12(2)8(9(12)11(17)18)10(16)13-5-7-15-6-3-4-14-15/h3-4,6,8-9H,5,7H2,1-2H3,(H,13,16)(H,17,18). The average Bonchev–Trinajstić information content (AvgIpc) is 2.65. The quantitative estimate of drug-likeness (QED) is 0.791. The van der Waals surface area contributed by atoms with Gasteiger partial charge in [0.05, 0.1) is 18.4 Å². The highest BCUT2D eigenvalue weighted by molar-refractivity contribution is 5.91. The van der Waals surface area contributed by atoms with Crippen LogP contribution in [0.15, 0.2) is 18.5 Å². The predicted molar refractivity (Wildman–Crippen MR) is 63.6 cm³/mol. The van der Waals surface area contributed by atoms with Gasteiger partial charge < -0.3 is 10.4 Å². The van der Waals surface area contributed by atoms with E-state index in [0.717, 1.165) is 0 Å². The number of aromatic nitrogens is 2. The maximum absolute atomic E-state index is 11.9. The number of hydrogen-bond donors (Lipinski definition) is 2. The second-order valence-corrected chi connectivity index (χ2v) is 5.18. The zero-order valence-corrected chi connectivity index (χ0v) is 10.5. The maximum Gasteiger partial charge on any atom is 0.307 e. The Morgan fingerprint density at radius 1 is 1.44 bits per heavy atom. The van der Waals surface area contributed by atoms with Gasteiger partial charge in [0.1, 0.15) is 0 Å². The predicted octanol–water partition coefficient (Wildman–Crippen LogP) is 0.356. The van der Waals surface area contributed by atoms with Crippen molar-refractivity contribution >= 4 is 11.9 Å². The van der Waals surface area contributed by atoms with E-state index in [-0.39, 0.29) is 5.91 Å². The minimum atomic E-state index is -0.896. The second-order valence-electron chi connectivity index (χ2n) is 5.18. The van der Waals surface area contributed by atoms with E-state index in [4.69, 9.17) is 5.11 Å². The minimum Gasteiger partial charge on any atom is -0.481 e. The van der Waals surface area contributed by atoms with Crippen molar-refractivity contribution in [3.63, 3.8) is 0 Å². The molecule has 1 aliphatic carbocycles. The van der Waals surface area contributed by atoms with Crippen molar-refractivity contribution in [2.75, 3.05) is 6.54 Å². The highest BCUT2D eigenvalue weighted by atomic mass is 16.4. The maximum atomic E-state index is 11.9. The van der Waals surface area contributed by atoms with Gasteiger partial charge in [-0.05, 0) is 11.5 Å². The number of carbonyl (C=O) groups is 2. The number of nitrogens with one attached hydrogen (secondary N) is 1. The second kappa shape index (κ2) is 4.44. The summed E-state index contributed by atoms with van der Waals surface area (Å²) in [5.74, 6) is -2.07. The van der Waals surface area contributed by atoms with Crippen molar-refractivity contribution in [2.45, 2.75) is 20.4 Å². The lowest BCUT2D eigenvalue weighted by atomic mass is 10.1. The Labute approximate surface area is 105 Å². The number of aliphatic carboxylic acids is 1. The molecule has 0 aromatic carbocycles. The zero-order valence-electron chi connectivity index (χ0n) is 10.5. The Hall–Kier alpha value is -1.85. The smallest absolute Gasteiger partial charge is 0.307 e.